The molecule has 0 amide bonds. The van der Waals surface area contributed by atoms with Crippen LogP contribution in [0.3, 0.4) is 0 Å². The van der Waals surface area contributed by atoms with Crippen LogP contribution in [0.1, 0.15) is 39.0 Å². The van der Waals surface area contributed by atoms with Gasteiger partial charge in [-0.15, -0.1) is 0 Å². The largest absolute Gasteiger partial charge is 0.468 e. The monoisotopic (exact) mass is 446 g/mol. The van der Waals surface area contributed by atoms with Gasteiger partial charge in [0.05, 0.1) is 25.6 Å². The molecule has 0 bridgehead atoms. The van der Waals surface area contributed by atoms with Crippen LogP contribution in [-0.2, 0) is 42.9 Å². The molecule has 6 atom stereocenters. The summed E-state index contributed by atoms with van der Waals surface area (Å²) in [5.41, 5.74) is -1.87. The van der Waals surface area contributed by atoms with Gasteiger partial charge in [-0.25, -0.2) is 0 Å². The Morgan fingerprint density at radius 2 is 1.88 bits per heavy atom. The summed E-state index contributed by atoms with van der Waals surface area (Å²) in [5.74, 6) is -5.43. The van der Waals surface area contributed by atoms with Gasteiger partial charge in [-0.2, -0.15) is 0 Å². The SMILES string of the molecule is COC(=O)[C@@]12C(=O)C=CC(=O)[C@@H]1C1C(=C[C@H]2COC(C)=O)O[C@@H]2OC3(CCCCC3)O[C@H]12. The highest BCUT2D eigenvalue weighted by Crippen LogP contribution is 2.59. The molecule has 5 aliphatic rings. The molecule has 1 unspecified atom stereocenters. The van der Waals surface area contributed by atoms with E-state index in [1.165, 1.54) is 20.1 Å². The van der Waals surface area contributed by atoms with Crippen LogP contribution in [-0.4, -0.2) is 55.4 Å². The number of carbonyl (C=O) groups excluding carboxylic acids is 4. The summed E-state index contributed by atoms with van der Waals surface area (Å²) < 4.78 is 28.9. The minimum Gasteiger partial charge on any atom is -0.468 e. The van der Waals surface area contributed by atoms with Crippen LogP contribution in [0.15, 0.2) is 24.0 Å². The van der Waals surface area contributed by atoms with E-state index < -0.39 is 64.9 Å². The summed E-state index contributed by atoms with van der Waals surface area (Å²) in [5, 5.41) is 0. The lowest BCUT2D eigenvalue weighted by atomic mass is 9.53. The smallest absolute Gasteiger partial charge is 0.321 e. The fraction of sp³-hybridized carbons (Fsp3) is 0.652. The van der Waals surface area contributed by atoms with Crippen molar-refractivity contribution >= 4 is 23.5 Å². The summed E-state index contributed by atoms with van der Waals surface area (Å²) in [6, 6.07) is 0. The first-order valence-corrected chi connectivity index (χ1v) is 11.0. The van der Waals surface area contributed by atoms with Crippen LogP contribution in [0.5, 0.6) is 0 Å². The molecule has 2 aliphatic heterocycles. The maximum Gasteiger partial charge on any atom is 0.321 e. The molecule has 3 fully saturated rings. The maximum atomic E-state index is 13.3. The van der Waals surface area contributed by atoms with Crippen molar-refractivity contribution in [1.82, 2.24) is 0 Å². The second kappa shape index (κ2) is 7.52. The summed E-state index contributed by atoms with van der Waals surface area (Å²) in [6.07, 6.45) is 7.02. The number of hydrogen-bond acceptors (Lipinski definition) is 9. The predicted molar refractivity (Wildman–Crippen MR) is 105 cm³/mol. The molecule has 0 N–H and O–H groups in total. The number of fused-ring (bicyclic) bond motifs is 5. The highest BCUT2D eigenvalue weighted by molar-refractivity contribution is 6.19. The van der Waals surface area contributed by atoms with Gasteiger partial charge in [-0.1, -0.05) is 6.42 Å². The predicted octanol–water partition coefficient (Wildman–Crippen LogP) is 1.60. The zero-order valence-electron chi connectivity index (χ0n) is 18.0. The summed E-state index contributed by atoms with van der Waals surface area (Å²) in [4.78, 5) is 51.3. The molecule has 1 spiro atoms. The minimum atomic E-state index is -1.87. The van der Waals surface area contributed by atoms with Gasteiger partial charge in [0.15, 0.2) is 22.8 Å². The topological polar surface area (TPSA) is 114 Å². The Bertz CT molecular complexity index is 928. The van der Waals surface area contributed by atoms with E-state index in [9.17, 15) is 19.2 Å². The number of allylic oxidation sites excluding steroid dienone is 2. The zero-order chi connectivity index (χ0) is 22.7. The number of rotatable bonds is 3. The van der Waals surface area contributed by atoms with E-state index in [1.54, 1.807) is 6.08 Å². The highest BCUT2D eigenvalue weighted by atomic mass is 16.8. The van der Waals surface area contributed by atoms with Crippen molar-refractivity contribution in [3.05, 3.63) is 24.0 Å². The van der Waals surface area contributed by atoms with Gasteiger partial charge in [0.25, 0.3) is 0 Å². The van der Waals surface area contributed by atoms with Gasteiger partial charge in [-0.3, -0.25) is 19.2 Å². The van der Waals surface area contributed by atoms with Crippen molar-refractivity contribution in [2.75, 3.05) is 13.7 Å². The Morgan fingerprint density at radius 1 is 1.12 bits per heavy atom. The Kier molecular flexibility index (Phi) is 5.01. The van der Waals surface area contributed by atoms with Gasteiger partial charge in [-0.05, 0) is 31.1 Å². The molecule has 9 nitrogen and oxygen atoms in total. The Labute approximate surface area is 185 Å². The van der Waals surface area contributed by atoms with Crippen molar-refractivity contribution in [2.45, 2.75) is 57.2 Å². The lowest BCUT2D eigenvalue weighted by Gasteiger charge is -2.47. The number of hydrogen-bond donors (Lipinski definition) is 0. The van der Waals surface area contributed by atoms with Gasteiger partial charge >= 0.3 is 11.9 Å². The van der Waals surface area contributed by atoms with E-state index >= 15 is 0 Å². The molecule has 5 rings (SSSR count). The summed E-state index contributed by atoms with van der Waals surface area (Å²) in [7, 11) is 1.17. The van der Waals surface area contributed by atoms with E-state index in [4.69, 9.17) is 23.7 Å². The second-order valence-electron chi connectivity index (χ2n) is 9.10. The minimum absolute atomic E-state index is 0.269. The number of ether oxygens (including phenoxy) is 5. The van der Waals surface area contributed by atoms with Crippen LogP contribution < -0.4 is 0 Å². The molecule has 32 heavy (non-hydrogen) atoms. The fourth-order valence-corrected chi connectivity index (χ4v) is 6.06. The number of ketones is 2. The van der Waals surface area contributed by atoms with Crippen LogP contribution >= 0.6 is 0 Å². The Balaban J connectivity index is 1.59. The number of esters is 2. The van der Waals surface area contributed by atoms with Gasteiger partial charge in [0.1, 0.15) is 11.9 Å². The lowest BCUT2D eigenvalue weighted by molar-refractivity contribution is -0.228. The van der Waals surface area contributed by atoms with Crippen molar-refractivity contribution in [2.24, 2.45) is 23.2 Å². The third-order valence-electron chi connectivity index (χ3n) is 7.40. The molecule has 2 saturated heterocycles. The van der Waals surface area contributed by atoms with E-state index in [-0.39, 0.29) is 6.61 Å². The molecular weight excluding hydrogens is 420 g/mol. The molecule has 0 radical (unpaired) electrons. The van der Waals surface area contributed by atoms with Crippen LogP contribution in [0, 0.1) is 23.2 Å². The van der Waals surface area contributed by atoms with Crippen molar-refractivity contribution < 1.29 is 42.9 Å². The average molecular weight is 446 g/mol. The van der Waals surface area contributed by atoms with Crippen LogP contribution in [0.2, 0.25) is 0 Å². The summed E-state index contributed by atoms with van der Waals surface area (Å²) >= 11 is 0. The first-order valence-electron chi connectivity index (χ1n) is 11.0. The maximum absolute atomic E-state index is 13.3. The standard InChI is InChI=1S/C23H26O9/c1-12(24)29-11-13-10-15-17(18-14(25)6-7-16(26)23(13,18)21(27)28-2)19-20(30-15)32-22(31-19)8-4-3-5-9-22/h6-7,10,13,17-20H,3-5,8-9,11H2,1-2H3/t13-,17?,18+,19+,20+,23-/m0/s1. The van der Waals surface area contributed by atoms with Crippen molar-refractivity contribution in [3.63, 3.8) is 0 Å². The van der Waals surface area contributed by atoms with Crippen molar-refractivity contribution in [1.29, 1.82) is 0 Å². The first-order chi connectivity index (χ1) is 15.3. The molecule has 2 heterocycles. The van der Waals surface area contributed by atoms with Crippen molar-refractivity contribution in [3.8, 4) is 0 Å². The molecule has 0 aromatic rings. The zero-order valence-corrected chi connectivity index (χ0v) is 18.0. The molecule has 0 aromatic heterocycles. The third kappa shape index (κ3) is 2.90. The van der Waals surface area contributed by atoms with E-state index in [1.807, 2.05) is 0 Å². The Hall–Kier alpha value is -2.52. The summed E-state index contributed by atoms with van der Waals surface area (Å²) in [6.45, 7) is 0.963. The third-order valence-corrected chi connectivity index (χ3v) is 7.40. The van der Waals surface area contributed by atoms with Crippen LogP contribution in [0.25, 0.3) is 0 Å². The first kappa shape index (κ1) is 21.3. The number of methoxy groups -OCH3 is 1. The molecular formula is C23H26O9. The second-order valence-corrected chi connectivity index (χ2v) is 9.10. The van der Waals surface area contributed by atoms with Crippen LogP contribution in [0.4, 0.5) is 0 Å². The van der Waals surface area contributed by atoms with Gasteiger partial charge < -0.3 is 23.7 Å². The average Bonchev–Trinajstić information content (AvgIpc) is 3.27. The van der Waals surface area contributed by atoms with Gasteiger partial charge in [0, 0.05) is 25.7 Å². The molecule has 0 aromatic carbocycles. The fourth-order valence-electron chi connectivity index (χ4n) is 6.06. The van der Waals surface area contributed by atoms with E-state index in [0.29, 0.717) is 5.76 Å². The van der Waals surface area contributed by atoms with E-state index in [2.05, 4.69) is 0 Å². The lowest BCUT2D eigenvalue weighted by Crippen LogP contribution is -2.61. The van der Waals surface area contributed by atoms with Gasteiger partial charge in [0.2, 0.25) is 6.29 Å². The normalized spacial score (nSPS) is 38.9. The number of carbonyl (C=O) groups is 4. The van der Waals surface area contributed by atoms with E-state index in [0.717, 1.165) is 38.2 Å². The molecule has 9 heteroatoms. The highest BCUT2D eigenvalue weighted by Gasteiger charge is 2.71. The molecule has 172 valence electrons. The quantitative estimate of drug-likeness (QED) is 0.471. The molecule has 3 aliphatic carbocycles. The Morgan fingerprint density at radius 3 is 2.56 bits per heavy atom. The molecule has 1 saturated carbocycles.